The van der Waals surface area contributed by atoms with Crippen LogP contribution in [0.1, 0.15) is 27.7 Å². The minimum absolute atomic E-state index is 0.249. The van der Waals surface area contributed by atoms with E-state index in [4.69, 9.17) is 9.31 Å². The van der Waals surface area contributed by atoms with Crippen molar-refractivity contribution in [3.8, 4) is 0 Å². The highest BCUT2D eigenvalue weighted by molar-refractivity contribution is 6.62. The van der Waals surface area contributed by atoms with E-state index in [0.29, 0.717) is 0 Å². The molecule has 1 aromatic rings. The van der Waals surface area contributed by atoms with Crippen LogP contribution in [0.25, 0.3) is 0 Å². The van der Waals surface area contributed by atoms with Crippen LogP contribution in [0.15, 0.2) is 18.2 Å². The van der Waals surface area contributed by atoms with Gasteiger partial charge in [0, 0.05) is 31.9 Å². The highest BCUT2D eigenvalue weighted by Crippen LogP contribution is 2.36. The lowest BCUT2D eigenvalue weighted by molar-refractivity contribution is 0.00578. The van der Waals surface area contributed by atoms with Crippen molar-refractivity contribution >= 4 is 18.3 Å². The van der Waals surface area contributed by atoms with Crippen molar-refractivity contribution in [2.24, 2.45) is 0 Å². The van der Waals surface area contributed by atoms with Crippen molar-refractivity contribution in [2.75, 3.05) is 31.1 Å². The number of halogens is 1. The summed E-state index contributed by atoms with van der Waals surface area (Å²) in [5, 5.41) is 3.31. The van der Waals surface area contributed by atoms with Crippen LogP contribution in [-0.4, -0.2) is 44.5 Å². The molecular weight excluding hydrogens is 282 g/mol. The summed E-state index contributed by atoms with van der Waals surface area (Å²) in [6.07, 6.45) is 0. The topological polar surface area (TPSA) is 33.7 Å². The second-order valence-corrected chi connectivity index (χ2v) is 7.07. The highest BCUT2D eigenvalue weighted by atomic mass is 19.1. The minimum atomic E-state index is -0.526. The smallest absolute Gasteiger partial charge is 0.399 e. The summed E-state index contributed by atoms with van der Waals surface area (Å²) in [6, 6.07) is 5.07. The molecule has 0 amide bonds. The molecule has 0 saturated carbocycles. The Morgan fingerprint density at radius 1 is 1.05 bits per heavy atom. The third-order valence-corrected chi connectivity index (χ3v) is 4.91. The van der Waals surface area contributed by atoms with Crippen molar-refractivity contribution in [1.82, 2.24) is 5.32 Å². The van der Waals surface area contributed by atoms with Crippen LogP contribution in [0.3, 0.4) is 0 Å². The standard InChI is InChI=1S/C16H24BFN2O2/c1-15(2)16(3,4)22-17(21-15)12-9-13(18)11-14(10-12)20-7-5-19-6-8-20/h9-11,19H,5-8H2,1-4H3. The van der Waals surface area contributed by atoms with E-state index >= 15 is 0 Å². The second kappa shape index (κ2) is 5.51. The van der Waals surface area contributed by atoms with Crippen LogP contribution in [0.5, 0.6) is 0 Å². The molecule has 1 aromatic carbocycles. The molecule has 0 unspecified atom stereocenters. The molecule has 2 fully saturated rings. The van der Waals surface area contributed by atoms with Crippen LogP contribution in [0, 0.1) is 5.82 Å². The van der Waals surface area contributed by atoms with Gasteiger partial charge in [0.15, 0.2) is 0 Å². The molecule has 0 aromatic heterocycles. The maximum Gasteiger partial charge on any atom is 0.495 e. The van der Waals surface area contributed by atoms with E-state index < -0.39 is 18.3 Å². The lowest BCUT2D eigenvalue weighted by Gasteiger charge is -2.32. The van der Waals surface area contributed by atoms with Crippen molar-refractivity contribution < 1.29 is 13.7 Å². The van der Waals surface area contributed by atoms with Crippen LogP contribution >= 0.6 is 0 Å². The fourth-order valence-electron chi connectivity index (χ4n) is 2.82. The number of hydrogen-bond donors (Lipinski definition) is 1. The Bertz CT molecular complexity index is 543. The quantitative estimate of drug-likeness (QED) is 0.840. The molecule has 2 aliphatic rings. The van der Waals surface area contributed by atoms with E-state index in [0.717, 1.165) is 37.3 Å². The van der Waals surface area contributed by atoms with Crippen molar-refractivity contribution in [1.29, 1.82) is 0 Å². The molecule has 0 aliphatic carbocycles. The molecular formula is C16H24BFN2O2. The molecule has 120 valence electrons. The van der Waals surface area contributed by atoms with Gasteiger partial charge in [-0.25, -0.2) is 4.39 Å². The van der Waals surface area contributed by atoms with Crippen molar-refractivity contribution in [3.05, 3.63) is 24.0 Å². The van der Waals surface area contributed by atoms with Crippen LogP contribution in [0.4, 0.5) is 10.1 Å². The summed E-state index contributed by atoms with van der Waals surface area (Å²) < 4.78 is 26.1. The second-order valence-electron chi connectivity index (χ2n) is 7.07. The molecule has 6 heteroatoms. The average molecular weight is 306 g/mol. The van der Waals surface area contributed by atoms with E-state index in [1.165, 1.54) is 6.07 Å². The van der Waals surface area contributed by atoms with Gasteiger partial charge in [0.1, 0.15) is 5.82 Å². The highest BCUT2D eigenvalue weighted by Gasteiger charge is 2.51. The molecule has 4 nitrogen and oxygen atoms in total. The van der Waals surface area contributed by atoms with Crippen molar-refractivity contribution in [3.63, 3.8) is 0 Å². The Morgan fingerprint density at radius 3 is 2.23 bits per heavy atom. The third-order valence-electron chi connectivity index (χ3n) is 4.91. The lowest BCUT2D eigenvalue weighted by Crippen LogP contribution is -2.44. The number of anilines is 1. The first-order valence-corrected chi connectivity index (χ1v) is 7.90. The Labute approximate surface area is 132 Å². The summed E-state index contributed by atoms with van der Waals surface area (Å²) in [7, 11) is -0.526. The zero-order valence-electron chi connectivity index (χ0n) is 13.8. The molecule has 0 atom stereocenters. The average Bonchev–Trinajstić information content (AvgIpc) is 2.68. The van der Waals surface area contributed by atoms with Gasteiger partial charge in [-0.2, -0.15) is 0 Å². The fourth-order valence-corrected chi connectivity index (χ4v) is 2.82. The Hall–Kier alpha value is -1.11. The molecule has 22 heavy (non-hydrogen) atoms. The van der Waals surface area contributed by atoms with Gasteiger partial charge in [-0.15, -0.1) is 0 Å². The summed E-state index contributed by atoms with van der Waals surface area (Å²) in [4.78, 5) is 2.19. The number of hydrogen-bond acceptors (Lipinski definition) is 4. The number of nitrogens with zero attached hydrogens (tertiary/aromatic N) is 1. The molecule has 3 rings (SSSR count). The summed E-state index contributed by atoms with van der Waals surface area (Å²) >= 11 is 0. The predicted molar refractivity (Wildman–Crippen MR) is 87.2 cm³/mol. The Balaban J connectivity index is 1.87. The van der Waals surface area contributed by atoms with E-state index in [-0.39, 0.29) is 5.82 Å². The molecule has 2 saturated heterocycles. The molecule has 2 aliphatic heterocycles. The first kappa shape index (κ1) is 15.8. The van der Waals surface area contributed by atoms with Crippen molar-refractivity contribution in [2.45, 2.75) is 38.9 Å². The maximum atomic E-state index is 14.1. The number of piperazine rings is 1. The SMILES string of the molecule is CC1(C)OB(c2cc(F)cc(N3CCNCC3)c2)OC1(C)C. The summed E-state index contributed by atoms with van der Waals surface area (Å²) in [5.41, 5.74) is 0.802. The number of benzene rings is 1. The number of rotatable bonds is 2. The van der Waals surface area contributed by atoms with E-state index in [1.54, 1.807) is 6.07 Å². The van der Waals surface area contributed by atoms with Gasteiger partial charge in [0.2, 0.25) is 0 Å². The monoisotopic (exact) mass is 306 g/mol. The van der Waals surface area contributed by atoms with E-state index in [2.05, 4.69) is 10.2 Å². The van der Waals surface area contributed by atoms with Crippen LogP contribution in [0.2, 0.25) is 0 Å². The third kappa shape index (κ3) is 2.87. The molecule has 1 N–H and O–H groups in total. The maximum absolute atomic E-state index is 14.1. The van der Waals surface area contributed by atoms with Gasteiger partial charge in [-0.05, 0) is 51.4 Å². The number of nitrogens with one attached hydrogen (secondary N) is 1. The first-order valence-electron chi connectivity index (χ1n) is 7.90. The van der Waals surface area contributed by atoms with Gasteiger partial charge in [0.05, 0.1) is 11.2 Å². The molecule has 0 bridgehead atoms. The van der Waals surface area contributed by atoms with Gasteiger partial charge in [0.25, 0.3) is 0 Å². The largest absolute Gasteiger partial charge is 0.495 e. The van der Waals surface area contributed by atoms with Gasteiger partial charge in [-0.1, -0.05) is 0 Å². The van der Waals surface area contributed by atoms with E-state index in [9.17, 15) is 4.39 Å². The fraction of sp³-hybridized carbons (Fsp3) is 0.625. The van der Waals surface area contributed by atoms with Gasteiger partial charge >= 0.3 is 7.12 Å². The van der Waals surface area contributed by atoms with Crippen LogP contribution < -0.4 is 15.7 Å². The minimum Gasteiger partial charge on any atom is -0.399 e. The predicted octanol–water partition coefficient (Wildman–Crippen LogP) is 1.53. The Kier molecular flexibility index (Phi) is 3.95. The molecule has 0 radical (unpaired) electrons. The van der Waals surface area contributed by atoms with Crippen LogP contribution in [-0.2, 0) is 9.31 Å². The first-order chi connectivity index (χ1) is 10.3. The normalized spacial score (nSPS) is 23.9. The zero-order valence-corrected chi connectivity index (χ0v) is 13.8. The molecule has 2 heterocycles. The van der Waals surface area contributed by atoms with Gasteiger partial charge < -0.3 is 19.5 Å². The van der Waals surface area contributed by atoms with E-state index in [1.807, 2.05) is 33.8 Å². The van der Waals surface area contributed by atoms with Gasteiger partial charge in [-0.3, -0.25) is 0 Å². The summed E-state index contributed by atoms with van der Waals surface area (Å²) in [5.74, 6) is -0.249. The Morgan fingerprint density at radius 2 is 1.64 bits per heavy atom. The summed E-state index contributed by atoms with van der Waals surface area (Å²) in [6.45, 7) is 11.6. The zero-order chi connectivity index (χ0) is 16.0. The molecule has 0 spiro atoms. The lowest BCUT2D eigenvalue weighted by atomic mass is 9.78.